The van der Waals surface area contributed by atoms with Gasteiger partial charge in [0.2, 0.25) is 6.54 Å². The summed E-state index contributed by atoms with van der Waals surface area (Å²) in [7, 11) is 0. The van der Waals surface area contributed by atoms with E-state index in [1.54, 1.807) is 0 Å². The van der Waals surface area contributed by atoms with Crippen molar-refractivity contribution in [1.29, 1.82) is 0 Å². The van der Waals surface area contributed by atoms with Crippen molar-refractivity contribution in [2.24, 2.45) is 0 Å². The molecule has 2 rings (SSSR count). The first-order valence-electron chi connectivity index (χ1n) is 8.67. The highest BCUT2D eigenvalue weighted by molar-refractivity contribution is 5.49. The van der Waals surface area contributed by atoms with Crippen molar-refractivity contribution >= 4 is 5.69 Å². The molecule has 2 aromatic rings. The maximum Gasteiger partial charge on any atom is 0.214 e. The molecule has 24 heavy (non-hydrogen) atoms. The molecule has 0 radical (unpaired) electrons. The molecule has 128 valence electrons. The minimum Gasteiger partial charge on any atom is -0.372 e. The van der Waals surface area contributed by atoms with Crippen molar-refractivity contribution in [3.05, 3.63) is 75.8 Å². The maximum absolute atomic E-state index is 11.1. The van der Waals surface area contributed by atoms with Gasteiger partial charge in [0, 0.05) is 23.7 Å². The van der Waals surface area contributed by atoms with E-state index in [0.29, 0.717) is 0 Å². The fourth-order valence-electron chi connectivity index (χ4n) is 3.06. The van der Waals surface area contributed by atoms with Crippen LogP contribution >= 0.6 is 0 Å². The summed E-state index contributed by atoms with van der Waals surface area (Å²) in [6.45, 7) is 6.34. The molecule has 0 aliphatic carbocycles. The predicted molar refractivity (Wildman–Crippen MR) is 99.4 cm³/mol. The molecule has 1 atom stereocenters. The zero-order valence-corrected chi connectivity index (χ0v) is 14.5. The summed E-state index contributed by atoms with van der Waals surface area (Å²) in [5, 5.41) is 11.1. The van der Waals surface area contributed by atoms with Crippen molar-refractivity contribution in [1.82, 2.24) is 0 Å². The minimum absolute atomic E-state index is 0.0863. The summed E-state index contributed by atoms with van der Waals surface area (Å²) >= 11 is 0. The van der Waals surface area contributed by atoms with Gasteiger partial charge in [-0.25, -0.2) is 0 Å². The van der Waals surface area contributed by atoms with E-state index in [2.05, 4.69) is 30.9 Å². The van der Waals surface area contributed by atoms with Crippen LogP contribution in [0, 0.1) is 10.1 Å². The van der Waals surface area contributed by atoms with Crippen LogP contribution in [0.25, 0.3) is 0 Å². The average Bonchev–Trinajstić information content (AvgIpc) is 2.60. The summed E-state index contributed by atoms with van der Waals surface area (Å²) in [5.74, 6) is -0.207. The van der Waals surface area contributed by atoms with Gasteiger partial charge in [-0.1, -0.05) is 56.3 Å². The van der Waals surface area contributed by atoms with Gasteiger partial charge >= 0.3 is 0 Å². The molecule has 0 spiro atoms. The Hall–Kier alpha value is -2.36. The standard InChI is InChI=1S/C20H26N2O2/c1-3-14-21(15-4-2)19-12-10-18(11-13-19)20(16-22(23)24)17-8-6-5-7-9-17/h5-13,20H,3-4,14-16H2,1-2H3. The van der Waals surface area contributed by atoms with Gasteiger partial charge in [-0.05, 0) is 36.1 Å². The predicted octanol–water partition coefficient (Wildman–Crippen LogP) is 4.72. The molecule has 0 aromatic heterocycles. The molecule has 0 aliphatic heterocycles. The van der Waals surface area contributed by atoms with Gasteiger partial charge < -0.3 is 4.90 Å². The van der Waals surface area contributed by atoms with Crippen molar-refractivity contribution in [2.75, 3.05) is 24.5 Å². The molecule has 0 bridgehead atoms. The Labute approximate surface area is 144 Å². The Morgan fingerprint density at radius 3 is 1.96 bits per heavy atom. The Kier molecular flexibility index (Phi) is 6.79. The van der Waals surface area contributed by atoms with E-state index in [1.807, 2.05) is 42.5 Å². The summed E-state index contributed by atoms with van der Waals surface area (Å²) in [6.07, 6.45) is 2.21. The Morgan fingerprint density at radius 2 is 1.46 bits per heavy atom. The smallest absolute Gasteiger partial charge is 0.214 e. The summed E-state index contributed by atoms with van der Waals surface area (Å²) in [4.78, 5) is 13.2. The molecule has 4 nitrogen and oxygen atoms in total. The topological polar surface area (TPSA) is 46.4 Å². The first-order chi connectivity index (χ1) is 11.7. The minimum atomic E-state index is -0.230. The van der Waals surface area contributed by atoms with Gasteiger partial charge in [-0.3, -0.25) is 10.1 Å². The van der Waals surface area contributed by atoms with Crippen LogP contribution in [0.5, 0.6) is 0 Å². The lowest BCUT2D eigenvalue weighted by molar-refractivity contribution is -0.481. The highest BCUT2D eigenvalue weighted by atomic mass is 16.6. The third kappa shape index (κ3) is 4.82. The number of nitrogens with zero attached hydrogens (tertiary/aromatic N) is 2. The van der Waals surface area contributed by atoms with Crippen molar-refractivity contribution in [2.45, 2.75) is 32.6 Å². The number of rotatable bonds is 9. The molecule has 0 saturated heterocycles. The number of hydrogen-bond acceptors (Lipinski definition) is 3. The van der Waals surface area contributed by atoms with Crippen LogP contribution in [0.1, 0.15) is 43.7 Å². The van der Waals surface area contributed by atoms with E-state index in [-0.39, 0.29) is 17.4 Å². The fourth-order valence-corrected chi connectivity index (χ4v) is 3.06. The lowest BCUT2D eigenvalue weighted by Gasteiger charge is -2.24. The second-order valence-electron chi connectivity index (χ2n) is 6.06. The summed E-state index contributed by atoms with van der Waals surface area (Å²) in [6, 6.07) is 18.0. The molecule has 0 saturated carbocycles. The van der Waals surface area contributed by atoms with Crippen LogP contribution in [0.2, 0.25) is 0 Å². The van der Waals surface area contributed by atoms with Crippen molar-refractivity contribution in [3.8, 4) is 0 Å². The molecule has 4 heteroatoms. The molecule has 0 aliphatic rings. The summed E-state index contributed by atoms with van der Waals surface area (Å²) < 4.78 is 0. The van der Waals surface area contributed by atoms with Crippen molar-refractivity contribution < 1.29 is 4.92 Å². The van der Waals surface area contributed by atoms with E-state index in [4.69, 9.17) is 0 Å². The Bertz CT molecular complexity index is 620. The van der Waals surface area contributed by atoms with Gasteiger partial charge in [0.05, 0.1) is 5.92 Å². The van der Waals surface area contributed by atoms with Crippen LogP contribution in [0.15, 0.2) is 54.6 Å². The van der Waals surface area contributed by atoms with Crippen LogP contribution in [-0.2, 0) is 0 Å². The van der Waals surface area contributed by atoms with E-state index < -0.39 is 0 Å². The van der Waals surface area contributed by atoms with Crippen LogP contribution in [-0.4, -0.2) is 24.6 Å². The molecule has 2 aromatic carbocycles. The second kappa shape index (κ2) is 9.06. The SMILES string of the molecule is CCCN(CCC)c1ccc(C(C[N+](=O)[O-])c2ccccc2)cc1. The third-order valence-corrected chi connectivity index (χ3v) is 4.18. The van der Waals surface area contributed by atoms with Gasteiger partial charge in [-0.2, -0.15) is 0 Å². The number of anilines is 1. The summed E-state index contributed by atoms with van der Waals surface area (Å²) in [5.41, 5.74) is 3.17. The molecule has 0 fully saturated rings. The van der Waals surface area contributed by atoms with Crippen LogP contribution in [0.3, 0.4) is 0 Å². The lowest BCUT2D eigenvalue weighted by atomic mass is 9.91. The van der Waals surface area contributed by atoms with E-state index >= 15 is 0 Å². The van der Waals surface area contributed by atoms with Gasteiger partial charge in [0.1, 0.15) is 0 Å². The molecule has 0 amide bonds. The lowest BCUT2D eigenvalue weighted by Crippen LogP contribution is -2.24. The van der Waals surface area contributed by atoms with Gasteiger partial charge in [-0.15, -0.1) is 0 Å². The van der Waals surface area contributed by atoms with Crippen LogP contribution in [0.4, 0.5) is 5.69 Å². The highest BCUT2D eigenvalue weighted by Gasteiger charge is 2.20. The largest absolute Gasteiger partial charge is 0.372 e. The Morgan fingerprint density at radius 1 is 0.917 bits per heavy atom. The first kappa shape index (κ1) is 18.0. The molecule has 0 N–H and O–H groups in total. The first-order valence-corrected chi connectivity index (χ1v) is 8.67. The van der Waals surface area contributed by atoms with Gasteiger partial charge in [0.15, 0.2) is 0 Å². The Balaban J connectivity index is 2.26. The second-order valence-corrected chi connectivity index (χ2v) is 6.06. The number of nitro groups is 1. The highest BCUT2D eigenvalue weighted by Crippen LogP contribution is 2.27. The average molecular weight is 326 g/mol. The fraction of sp³-hybridized carbons (Fsp3) is 0.400. The number of benzene rings is 2. The molecule has 1 unspecified atom stereocenters. The number of hydrogen-bond donors (Lipinski definition) is 0. The van der Waals surface area contributed by atoms with E-state index in [1.165, 1.54) is 5.69 Å². The van der Waals surface area contributed by atoms with E-state index in [9.17, 15) is 10.1 Å². The monoisotopic (exact) mass is 326 g/mol. The third-order valence-electron chi connectivity index (χ3n) is 4.18. The zero-order valence-electron chi connectivity index (χ0n) is 14.5. The molecule has 0 heterocycles. The zero-order chi connectivity index (χ0) is 17.4. The normalized spacial score (nSPS) is 11.9. The van der Waals surface area contributed by atoms with Gasteiger partial charge in [0.25, 0.3) is 0 Å². The van der Waals surface area contributed by atoms with Crippen LogP contribution < -0.4 is 4.90 Å². The maximum atomic E-state index is 11.1. The molecular formula is C20H26N2O2. The molecular weight excluding hydrogens is 300 g/mol. The van der Waals surface area contributed by atoms with E-state index in [0.717, 1.165) is 37.1 Å². The quantitative estimate of drug-likeness (QED) is 0.495. The van der Waals surface area contributed by atoms with Crippen molar-refractivity contribution in [3.63, 3.8) is 0 Å².